The summed E-state index contributed by atoms with van der Waals surface area (Å²) in [7, 11) is 0. The van der Waals surface area contributed by atoms with Gasteiger partial charge in [0.1, 0.15) is 41.3 Å². The Bertz CT molecular complexity index is 873. The second-order valence-corrected chi connectivity index (χ2v) is 5.77. The van der Waals surface area contributed by atoms with Crippen molar-refractivity contribution in [3.05, 3.63) is 40.2 Å². The minimum absolute atomic E-state index is 0.0436. The number of hydrogen-bond donors (Lipinski definition) is 5. The minimum Gasteiger partial charge on any atom is -0.477 e. The molecule has 3 rings (SSSR count). The van der Waals surface area contributed by atoms with Crippen molar-refractivity contribution in [3.63, 3.8) is 0 Å². The molecule has 1 aliphatic rings. The first-order valence-electron chi connectivity index (χ1n) is 7.60. The van der Waals surface area contributed by atoms with Crippen molar-refractivity contribution in [2.45, 2.75) is 30.7 Å². The number of hydrogen-bond acceptors (Lipinski definition) is 9. The van der Waals surface area contributed by atoms with E-state index in [1.165, 1.54) is 18.2 Å². The smallest absolute Gasteiger partial charge is 0.351 e. The van der Waals surface area contributed by atoms with Gasteiger partial charge in [-0.3, -0.25) is 0 Å². The zero-order valence-corrected chi connectivity index (χ0v) is 13.2. The Balaban J connectivity index is 1.88. The van der Waals surface area contributed by atoms with E-state index < -0.39 is 54.5 Å². The molecule has 5 atom stereocenters. The summed E-state index contributed by atoms with van der Waals surface area (Å²) in [6, 6.07) is 5.28. The molecule has 0 radical (unpaired) electrons. The second kappa shape index (κ2) is 7.02. The molecule has 0 spiro atoms. The number of aromatic carboxylic acids is 1. The summed E-state index contributed by atoms with van der Waals surface area (Å²) in [6.07, 6.45) is -7.23. The SMILES string of the molecule is O=C(O)c1cc2ccc(OC3O[C@H](CO)[C@@H](O)[C@H](O)[C@H]3O)cc2oc1=O. The summed E-state index contributed by atoms with van der Waals surface area (Å²) in [5.41, 5.74) is -1.50. The lowest BCUT2D eigenvalue weighted by Gasteiger charge is -2.39. The van der Waals surface area contributed by atoms with E-state index in [0.29, 0.717) is 5.39 Å². The van der Waals surface area contributed by atoms with Crippen LogP contribution in [0.25, 0.3) is 11.0 Å². The van der Waals surface area contributed by atoms with Crippen LogP contribution < -0.4 is 10.4 Å². The maximum atomic E-state index is 11.6. The quantitative estimate of drug-likeness (QED) is 0.408. The monoisotopic (exact) mass is 368 g/mol. The highest BCUT2D eigenvalue weighted by Crippen LogP contribution is 2.26. The predicted molar refractivity (Wildman–Crippen MR) is 83.8 cm³/mol. The van der Waals surface area contributed by atoms with Crippen LogP contribution in [0.2, 0.25) is 0 Å². The largest absolute Gasteiger partial charge is 0.477 e. The van der Waals surface area contributed by atoms with Gasteiger partial charge in [-0.2, -0.15) is 0 Å². The third kappa shape index (κ3) is 3.28. The topological polar surface area (TPSA) is 167 Å². The molecule has 1 aromatic heterocycles. The number of aliphatic hydroxyl groups is 4. The van der Waals surface area contributed by atoms with Crippen molar-refractivity contribution >= 4 is 16.9 Å². The van der Waals surface area contributed by atoms with Gasteiger partial charge >= 0.3 is 11.6 Å². The molecule has 5 N–H and O–H groups in total. The van der Waals surface area contributed by atoms with E-state index in [0.717, 1.165) is 6.07 Å². The van der Waals surface area contributed by atoms with Gasteiger partial charge in [0.05, 0.1) is 6.61 Å². The molecule has 0 bridgehead atoms. The lowest BCUT2D eigenvalue weighted by atomic mass is 9.99. The highest BCUT2D eigenvalue weighted by molar-refractivity contribution is 5.91. The zero-order chi connectivity index (χ0) is 19.0. The minimum atomic E-state index is -1.59. The lowest BCUT2D eigenvalue weighted by molar-refractivity contribution is -0.277. The third-order valence-corrected chi connectivity index (χ3v) is 4.04. The molecular formula is C16H16O10. The van der Waals surface area contributed by atoms with E-state index in [1.54, 1.807) is 0 Å². The molecule has 10 nitrogen and oxygen atoms in total. The van der Waals surface area contributed by atoms with E-state index in [-0.39, 0.29) is 11.3 Å². The number of benzene rings is 1. The number of carboxylic acid groups (broad SMARTS) is 1. The van der Waals surface area contributed by atoms with Crippen LogP contribution in [0.3, 0.4) is 0 Å². The van der Waals surface area contributed by atoms with E-state index in [1.807, 2.05) is 0 Å². The van der Waals surface area contributed by atoms with Crippen molar-refractivity contribution in [2.75, 3.05) is 6.61 Å². The van der Waals surface area contributed by atoms with Crippen LogP contribution in [0.4, 0.5) is 0 Å². The molecular weight excluding hydrogens is 352 g/mol. The molecule has 1 unspecified atom stereocenters. The molecule has 0 saturated carbocycles. The summed E-state index contributed by atoms with van der Waals surface area (Å²) in [5, 5.41) is 47.9. The van der Waals surface area contributed by atoms with Gasteiger partial charge in [0.15, 0.2) is 0 Å². The molecule has 1 saturated heterocycles. The van der Waals surface area contributed by atoms with E-state index >= 15 is 0 Å². The molecule has 2 aromatic rings. The standard InChI is InChI=1S/C16H16O10/c17-5-10-11(18)12(19)13(20)16(26-10)24-7-2-1-6-3-8(14(21)22)15(23)25-9(6)4-7/h1-4,10-13,16-20H,5H2,(H,21,22)/t10-,11-,12+,13-,16?/m1/s1. The average Bonchev–Trinajstić information content (AvgIpc) is 2.61. The number of carboxylic acids is 1. The van der Waals surface area contributed by atoms with Gasteiger partial charge in [0.2, 0.25) is 6.29 Å². The van der Waals surface area contributed by atoms with E-state index in [2.05, 4.69) is 0 Å². The highest BCUT2D eigenvalue weighted by atomic mass is 16.7. The van der Waals surface area contributed by atoms with Crippen molar-refractivity contribution in [3.8, 4) is 5.75 Å². The molecule has 26 heavy (non-hydrogen) atoms. The number of fused-ring (bicyclic) bond motifs is 1. The van der Waals surface area contributed by atoms with Crippen molar-refractivity contribution < 1.29 is 44.2 Å². The van der Waals surface area contributed by atoms with E-state index in [4.69, 9.17) is 24.1 Å². The van der Waals surface area contributed by atoms with Crippen LogP contribution in [0, 0.1) is 0 Å². The van der Waals surface area contributed by atoms with Crippen molar-refractivity contribution in [2.24, 2.45) is 0 Å². The van der Waals surface area contributed by atoms with Gasteiger partial charge in [-0.05, 0) is 18.2 Å². The summed E-state index contributed by atoms with van der Waals surface area (Å²) in [6.45, 7) is -0.602. The van der Waals surface area contributed by atoms with Crippen molar-refractivity contribution in [1.82, 2.24) is 0 Å². The number of aliphatic hydroxyl groups excluding tert-OH is 4. The van der Waals surface area contributed by atoms with Crippen LogP contribution in [0.15, 0.2) is 33.5 Å². The molecule has 0 aliphatic carbocycles. The first kappa shape index (κ1) is 18.3. The Morgan fingerprint density at radius 1 is 1.12 bits per heavy atom. The normalized spacial score (nSPS) is 28.8. The van der Waals surface area contributed by atoms with Gasteiger partial charge in [-0.1, -0.05) is 0 Å². The molecule has 1 aromatic carbocycles. The van der Waals surface area contributed by atoms with Crippen molar-refractivity contribution in [1.29, 1.82) is 0 Å². The van der Waals surface area contributed by atoms with Gasteiger partial charge in [-0.15, -0.1) is 0 Å². The second-order valence-electron chi connectivity index (χ2n) is 5.77. The van der Waals surface area contributed by atoms with Gasteiger partial charge < -0.3 is 39.4 Å². The predicted octanol–water partition coefficient (Wildman–Crippen LogP) is -1.33. The summed E-state index contributed by atoms with van der Waals surface area (Å²) < 4.78 is 15.6. The highest BCUT2D eigenvalue weighted by Gasteiger charge is 2.44. The summed E-state index contributed by atoms with van der Waals surface area (Å²) in [5.74, 6) is -1.32. The van der Waals surface area contributed by atoms with Gasteiger partial charge in [0, 0.05) is 11.5 Å². The maximum Gasteiger partial charge on any atom is 0.351 e. The Hall–Kier alpha value is -2.50. The Morgan fingerprint density at radius 3 is 2.50 bits per heavy atom. The maximum absolute atomic E-state index is 11.6. The fraction of sp³-hybridized carbons (Fsp3) is 0.375. The number of ether oxygens (including phenoxy) is 2. The Morgan fingerprint density at radius 2 is 1.85 bits per heavy atom. The van der Waals surface area contributed by atoms with Crippen LogP contribution in [-0.2, 0) is 4.74 Å². The molecule has 1 fully saturated rings. The molecule has 10 heteroatoms. The van der Waals surface area contributed by atoms with Gasteiger partial charge in [0.25, 0.3) is 0 Å². The number of rotatable bonds is 4. The summed E-state index contributed by atoms with van der Waals surface area (Å²) >= 11 is 0. The fourth-order valence-electron chi connectivity index (χ4n) is 2.61. The zero-order valence-electron chi connectivity index (χ0n) is 13.2. The van der Waals surface area contributed by atoms with Crippen LogP contribution >= 0.6 is 0 Å². The Kier molecular flexibility index (Phi) is 4.94. The lowest BCUT2D eigenvalue weighted by Crippen LogP contribution is -2.60. The number of carbonyl (C=O) groups is 1. The summed E-state index contributed by atoms with van der Waals surface area (Å²) in [4.78, 5) is 22.6. The van der Waals surface area contributed by atoms with Crippen LogP contribution in [0.1, 0.15) is 10.4 Å². The first-order valence-corrected chi connectivity index (χ1v) is 7.60. The van der Waals surface area contributed by atoms with E-state index in [9.17, 15) is 24.9 Å². The molecule has 2 heterocycles. The first-order chi connectivity index (χ1) is 12.3. The average molecular weight is 368 g/mol. The Labute approximate surface area is 145 Å². The molecule has 1 aliphatic heterocycles. The molecule has 0 amide bonds. The van der Waals surface area contributed by atoms with Crippen LogP contribution in [0.5, 0.6) is 5.75 Å². The third-order valence-electron chi connectivity index (χ3n) is 4.04. The fourth-order valence-corrected chi connectivity index (χ4v) is 2.61. The molecule has 140 valence electrons. The van der Waals surface area contributed by atoms with Gasteiger partial charge in [-0.25, -0.2) is 9.59 Å². The van der Waals surface area contributed by atoms with Crippen LogP contribution in [-0.4, -0.2) is 68.8 Å².